The Morgan fingerprint density at radius 2 is 1.76 bits per heavy atom. The number of benzene rings is 1. The molecule has 0 amide bonds. The van der Waals surface area contributed by atoms with Gasteiger partial charge in [-0.3, -0.25) is 4.79 Å². The standard InChI is InChI=1S/C15H16OS/c1-3-12-4-6-13(7-5-12)8-15(16)14-10-17-9-11(14)2/h4-7,9-10H,3,8H2,1-2H3. The molecule has 0 fully saturated rings. The Morgan fingerprint density at radius 3 is 2.29 bits per heavy atom. The Bertz CT molecular complexity index is 508. The second kappa shape index (κ2) is 5.28. The van der Waals surface area contributed by atoms with E-state index in [1.54, 1.807) is 11.3 Å². The van der Waals surface area contributed by atoms with Crippen LogP contribution in [0.15, 0.2) is 35.0 Å². The second-order valence-electron chi connectivity index (χ2n) is 4.24. The van der Waals surface area contributed by atoms with Crippen molar-refractivity contribution in [3.63, 3.8) is 0 Å². The van der Waals surface area contributed by atoms with Gasteiger partial charge in [0.15, 0.2) is 5.78 Å². The fraction of sp³-hybridized carbons (Fsp3) is 0.267. The third kappa shape index (κ3) is 2.83. The molecule has 0 unspecified atom stereocenters. The molecule has 0 spiro atoms. The highest BCUT2D eigenvalue weighted by atomic mass is 32.1. The number of hydrogen-bond donors (Lipinski definition) is 0. The maximum absolute atomic E-state index is 12.1. The van der Waals surface area contributed by atoms with Crippen LogP contribution in [0.2, 0.25) is 0 Å². The molecule has 0 saturated heterocycles. The van der Waals surface area contributed by atoms with Crippen LogP contribution in [0, 0.1) is 6.92 Å². The van der Waals surface area contributed by atoms with Gasteiger partial charge < -0.3 is 0 Å². The van der Waals surface area contributed by atoms with E-state index in [0.29, 0.717) is 6.42 Å². The van der Waals surface area contributed by atoms with Crippen LogP contribution >= 0.6 is 11.3 Å². The molecule has 1 aromatic carbocycles. The number of rotatable bonds is 4. The fourth-order valence-electron chi connectivity index (χ4n) is 1.82. The summed E-state index contributed by atoms with van der Waals surface area (Å²) in [6.07, 6.45) is 1.54. The molecule has 88 valence electrons. The van der Waals surface area contributed by atoms with E-state index in [2.05, 4.69) is 31.2 Å². The van der Waals surface area contributed by atoms with E-state index >= 15 is 0 Å². The summed E-state index contributed by atoms with van der Waals surface area (Å²) in [7, 11) is 0. The molecule has 2 aromatic rings. The van der Waals surface area contributed by atoms with Crippen molar-refractivity contribution in [2.75, 3.05) is 0 Å². The van der Waals surface area contributed by atoms with Gasteiger partial charge in [0.2, 0.25) is 0 Å². The second-order valence-corrected chi connectivity index (χ2v) is 4.98. The lowest BCUT2D eigenvalue weighted by Crippen LogP contribution is -2.03. The van der Waals surface area contributed by atoms with Crippen LogP contribution < -0.4 is 0 Å². The third-order valence-electron chi connectivity index (χ3n) is 2.95. The van der Waals surface area contributed by atoms with Gasteiger partial charge in [0.1, 0.15) is 0 Å². The van der Waals surface area contributed by atoms with Gasteiger partial charge in [-0.15, -0.1) is 0 Å². The first kappa shape index (κ1) is 12.1. The quantitative estimate of drug-likeness (QED) is 0.742. The summed E-state index contributed by atoms with van der Waals surface area (Å²) >= 11 is 1.59. The monoisotopic (exact) mass is 244 g/mol. The summed E-state index contributed by atoms with van der Waals surface area (Å²) < 4.78 is 0. The lowest BCUT2D eigenvalue weighted by atomic mass is 10.0. The van der Waals surface area contributed by atoms with Crippen LogP contribution in [0.5, 0.6) is 0 Å². The molecule has 0 bridgehead atoms. The summed E-state index contributed by atoms with van der Waals surface area (Å²) in [4.78, 5) is 12.1. The molecule has 1 aromatic heterocycles. The van der Waals surface area contributed by atoms with Crippen molar-refractivity contribution in [2.45, 2.75) is 26.7 Å². The fourth-order valence-corrected chi connectivity index (χ4v) is 2.67. The van der Waals surface area contributed by atoms with Crippen molar-refractivity contribution < 1.29 is 4.79 Å². The van der Waals surface area contributed by atoms with Crippen LogP contribution in [-0.2, 0) is 12.8 Å². The smallest absolute Gasteiger partial charge is 0.168 e. The van der Waals surface area contributed by atoms with Gasteiger partial charge in [0.25, 0.3) is 0 Å². The average Bonchev–Trinajstić information content (AvgIpc) is 2.76. The average molecular weight is 244 g/mol. The number of Topliss-reactive ketones (excluding diaryl/α,β-unsaturated/α-hetero) is 1. The molecular weight excluding hydrogens is 228 g/mol. The molecule has 1 nitrogen and oxygen atoms in total. The zero-order valence-electron chi connectivity index (χ0n) is 10.2. The Balaban J connectivity index is 2.10. The van der Waals surface area contributed by atoms with Crippen molar-refractivity contribution >= 4 is 17.1 Å². The van der Waals surface area contributed by atoms with Crippen LogP contribution in [0.25, 0.3) is 0 Å². The third-order valence-corrected chi connectivity index (χ3v) is 3.81. The van der Waals surface area contributed by atoms with Gasteiger partial charge in [-0.25, -0.2) is 0 Å². The summed E-state index contributed by atoms with van der Waals surface area (Å²) in [6.45, 7) is 4.12. The van der Waals surface area contributed by atoms with E-state index < -0.39 is 0 Å². The van der Waals surface area contributed by atoms with E-state index in [1.807, 2.05) is 17.7 Å². The molecule has 17 heavy (non-hydrogen) atoms. The number of carbonyl (C=O) groups is 1. The van der Waals surface area contributed by atoms with Crippen molar-refractivity contribution in [3.8, 4) is 0 Å². The Kier molecular flexibility index (Phi) is 3.75. The maximum atomic E-state index is 12.1. The summed E-state index contributed by atoms with van der Waals surface area (Å²) in [5, 5.41) is 3.96. The maximum Gasteiger partial charge on any atom is 0.168 e. The first-order valence-corrected chi connectivity index (χ1v) is 6.78. The molecule has 1 heterocycles. The molecule has 2 rings (SSSR count). The van der Waals surface area contributed by atoms with Gasteiger partial charge in [0, 0.05) is 17.4 Å². The molecule has 0 aliphatic rings. The van der Waals surface area contributed by atoms with E-state index in [4.69, 9.17) is 0 Å². The minimum Gasteiger partial charge on any atom is -0.294 e. The van der Waals surface area contributed by atoms with E-state index in [0.717, 1.165) is 23.1 Å². The highest BCUT2D eigenvalue weighted by Crippen LogP contribution is 2.16. The van der Waals surface area contributed by atoms with Gasteiger partial charge >= 0.3 is 0 Å². The van der Waals surface area contributed by atoms with Gasteiger partial charge in [0.05, 0.1) is 0 Å². The topological polar surface area (TPSA) is 17.1 Å². The number of carbonyl (C=O) groups excluding carboxylic acids is 1. The number of hydrogen-bond acceptors (Lipinski definition) is 2. The molecule has 0 saturated carbocycles. The van der Waals surface area contributed by atoms with Crippen LogP contribution in [0.4, 0.5) is 0 Å². The van der Waals surface area contributed by atoms with Crippen molar-refractivity contribution in [1.29, 1.82) is 0 Å². The van der Waals surface area contributed by atoms with Gasteiger partial charge in [-0.2, -0.15) is 11.3 Å². The molecular formula is C15H16OS. The number of aryl methyl sites for hydroxylation is 2. The number of thiophene rings is 1. The SMILES string of the molecule is CCc1ccc(CC(=O)c2cscc2C)cc1. The largest absolute Gasteiger partial charge is 0.294 e. The molecule has 0 aliphatic heterocycles. The summed E-state index contributed by atoms with van der Waals surface area (Å²) in [5.74, 6) is 0.216. The Morgan fingerprint density at radius 1 is 1.12 bits per heavy atom. The van der Waals surface area contributed by atoms with Crippen LogP contribution in [0.3, 0.4) is 0 Å². The summed E-state index contributed by atoms with van der Waals surface area (Å²) in [5.41, 5.74) is 4.37. The zero-order chi connectivity index (χ0) is 12.3. The lowest BCUT2D eigenvalue weighted by Gasteiger charge is -2.02. The van der Waals surface area contributed by atoms with Crippen molar-refractivity contribution in [2.24, 2.45) is 0 Å². The molecule has 0 radical (unpaired) electrons. The lowest BCUT2D eigenvalue weighted by molar-refractivity contribution is 0.0993. The minimum absolute atomic E-state index is 0.216. The van der Waals surface area contributed by atoms with E-state index in [-0.39, 0.29) is 5.78 Å². The van der Waals surface area contributed by atoms with Crippen LogP contribution in [0.1, 0.15) is 34.0 Å². The van der Waals surface area contributed by atoms with E-state index in [9.17, 15) is 4.79 Å². The summed E-state index contributed by atoms with van der Waals surface area (Å²) in [6, 6.07) is 8.31. The van der Waals surface area contributed by atoms with Crippen molar-refractivity contribution in [1.82, 2.24) is 0 Å². The molecule has 0 atom stereocenters. The Hall–Kier alpha value is -1.41. The van der Waals surface area contributed by atoms with Crippen molar-refractivity contribution in [3.05, 3.63) is 57.3 Å². The predicted octanol–water partition coefficient (Wildman–Crippen LogP) is 4.04. The molecule has 0 N–H and O–H groups in total. The predicted molar refractivity (Wildman–Crippen MR) is 72.9 cm³/mol. The minimum atomic E-state index is 0.216. The first-order valence-electron chi connectivity index (χ1n) is 5.84. The molecule has 0 aliphatic carbocycles. The highest BCUT2D eigenvalue weighted by Gasteiger charge is 2.10. The molecule has 2 heteroatoms. The van der Waals surface area contributed by atoms with E-state index in [1.165, 1.54) is 5.56 Å². The normalized spacial score (nSPS) is 10.5. The van der Waals surface area contributed by atoms with Crippen LogP contribution in [-0.4, -0.2) is 5.78 Å². The highest BCUT2D eigenvalue weighted by molar-refractivity contribution is 7.08. The zero-order valence-corrected chi connectivity index (χ0v) is 11.0. The van der Waals surface area contributed by atoms with Gasteiger partial charge in [-0.1, -0.05) is 31.2 Å². The number of ketones is 1. The Labute approximate surface area is 106 Å². The van der Waals surface area contributed by atoms with Gasteiger partial charge in [-0.05, 0) is 35.4 Å². The first-order chi connectivity index (χ1) is 8.20.